The molecule has 12 heterocycles. The maximum Gasteiger partial charge on any atom is 0.219 e. The van der Waals surface area contributed by atoms with Crippen molar-refractivity contribution in [3.63, 3.8) is 0 Å². The first-order valence-electron chi connectivity index (χ1n) is 34.9. The Morgan fingerprint density at radius 3 is 1.08 bits per heavy atom. The molecule has 103 heavy (non-hydrogen) atoms. The lowest BCUT2D eigenvalue weighted by Crippen LogP contribution is -2.48. The molecule has 0 unspecified atom stereocenters. The molecule has 0 N–H and O–H groups in total. The molecule has 520 valence electrons. The molecule has 1 amide bonds. The van der Waals surface area contributed by atoms with Crippen molar-refractivity contribution >= 4 is 98.6 Å². The Labute approximate surface area is 595 Å². The first kappa shape index (κ1) is 65.9. The summed E-state index contributed by atoms with van der Waals surface area (Å²) in [6.45, 7) is 15.6. The number of aromatic nitrogens is 15. The monoisotopic (exact) mass is 1390 g/mol. The Bertz CT molecular complexity index is 5810. The van der Waals surface area contributed by atoms with Gasteiger partial charge >= 0.3 is 0 Å². The van der Waals surface area contributed by atoms with Gasteiger partial charge in [-0.3, -0.25) is 18.8 Å². The van der Waals surface area contributed by atoms with E-state index < -0.39 is 9.84 Å². The van der Waals surface area contributed by atoms with Gasteiger partial charge in [0.05, 0.1) is 87.2 Å². The van der Waals surface area contributed by atoms with E-state index in [1.165, 1.54) is 11.8 Å². The number of fused-ring (bicyclic) bond motifs is 6. The number of anilines is 3. The van der Waals surface area contributed by atoms with Gasteiger partial charge in [0.1, 0.15) is 44.4 Å². The predicted molar refractivity (Wildman–Crippen MR) is 408 cm³/mol. The average molecular weight is 1390 g/mol. The van der Waals surface area contributed by atoms with Gasteiger partial charge in [-0.25, -0.2) is 37.4 Å². The lowest BCUT2D eigenvalue weighted by molar-refractivity contribution is -0.129. The molecule has 23 nitrogen and oxygen atoms in total. The number of piperidine rings is 1. The second kappa shape index (κ2) is 27.0. The molecule has 6 aromatic carbocycles. The number of rotatable bonds is 10. The molecule has 15 aromatic rings. The van der Waals surface area contributed by atoms with Crippen molar-refractivity contribution in [1.29, 1.82) is 0 Å². The third-order valence-corrected chi connectivity index (χ3v) is 21.8. The third kappa shape index (κ3) is 12.6. The molecule has 0 radical (unpaired) electrons. The van der Waals surface area contributed by atoms with Crippen LogP contribution >= 0.6 is 0 Å². The van der Waals surface area contributed by atoms with Crippen LogP contribution in [-0.4, -0.2) is 170 Å². The number of aryl methyl sites for hydroxylation is 6. The van der Waals surface area contributed by atoms with Crippen LogP contribution in [0.1, 0.15) is 36.5 Å². The highest BCUT2D eigenvalue weighted by molar-refractivity contribution is 7.91. The molecular weight excluding hydrogens is 1310 g/mol. The lowest BCUT2D eigenvalue weighted by Gasteiger charge is -2.34. The van der Waals surface area contributed by atoms with Gasteiger partial charge in [-0.2, -0.15) is 30.6 Å². The van der Waals surface area contributed by atoms with E-state index in [2.05, 4.69) is 148 Å². The van der Waals surface area contributed by atoms with Crippen LogP contribution in [0.2, 0.25) is 0 Å². The van der Waals surface area contributed by atoms with Gasteiger partial charge in [0.25, 0.3) is 0 Å². The summed E-state index contributed by atoms with van der Waals surface area (Å²) >= 11 is 0. The number of piperazine rings is 1. The van der Waals surface area contributed by atoms with Crippen LogP contribution < -0.4 is 14.7 Å². The van der Waals surface area contributed by atoms with Crippen molar-refractivity contribution in [2.24, 2.45) is 21.1 Å². The Morgan fingerprint density at radius 1 is 0.408 bits per heavy atom. The number of nitrogens with zero attached hydrogens (tertiary/aromatic N) is 19. The number of carbonyl (C=O) groups excluding carboxylic acids is 1. The number of sulfone groups is 1. The van der Waals surface area contributed by atoms with Crippen molar-refractivity contribution in [3.05, 3.63) is 199 Å². The van der Waals surface area contributed by atoms with Crippen molar-refractivity contribution in [2.75, 3.05) is 86.5 Å². The van der Waals surface area contributed by atoms with Crippen LogP contribution in [0, 0.1) is 20.8 Å². The molecule has 0 bridgehead atoms. The fourth-order valence-electron chi connectivity index (χ4n) is 14.9. The van der Waals surface area contributed by atoms with Gasteiger partial charge in [-0.15, -0.1) is 0 Å². The standard InChI is InChI=1S/C27H27N7O.C27H28N6O2S.C25H24N6O/c1-18-6-4-8-22-26(21-7-5-9-24-23(21)17-31(3)29-24)30-34(27(18)22)20-10-11-25(28-16-20)33-14-12-32(13-15-33)19(2)35;1-18-6-4-8-22-26(21-7-5-9-24-23(21)17-31(2)29-24)30-33(27(18)22)19-10-11-25(28-16-19)32-14-12-20(13-15-32)36(3,34)35;1-17-5-3-7-20-24(19-6-4-8-22-21(19)16-29(2)27-22)28-31(25(17)20)18-9-10-23(26-15-18)30-11-13-32-14-12-30/h4-11,16-17H,12-15H2,1-3H3;4-11,16-17,20H,12-15H2,1-3H3;3-10,15-16H,11-14H2,1-2H3. The Kier molecular flexibility index (Phi) is 17.3. The van der Waals surface area contributed by atoms with Gasteiger partial charge in [-0.1, -0.05) is 91.0 Å². The summed E-state index contributed by atoms with van der Waals surface area (Å²) < 4.78 is 40.8. The Morgan fingerprint density at radius 2 is 0.748 bits per heavy atom. The SMILES string of the molecule is CC(=O)N1CCN(c2ccc(-n3nc(-c4cccc5nn(C)cc45)c4cccc(C)c43)cn2)CC1.Cc1cccc2c(-c3cccc4nn(C)cc34)nn(-c3ccc(N4CCC(S(C)(=O)=O)CC4)nc3)c12.Cc1cccc2c(-c3cccc4nn(C)cc34)nn(-c3ccc(N4CCOCC4)nc3)c12. The number of hydrogen-bond donors (Lipinski definition) is 0. The van der Waals surface area contributed by atoms with Gasteiger partial charge in [-0.05, 0) is 105 Å². The zero-order valence-electron chi connectivity index (χ0n) is 58.9. The molecule has 0 saturated carbocycles. The van der Waals surface area contributed by atoms with Crippen LogP contribution in [0.15, 0.2) is 183 Å². The molecule has 3 saturated heterocycles. The van der Waals surface area contributed by atoms with Crippen LogP contribution in [0.3, 0.4) is 0 Å². The molecule has 24 heteroatoms. The predicted octanol–water partition coefficient (Wildman–Crippen LogP) is 12.4. The molecule has 3 aliphatic heterocycles. The number of pyridine rings is 3. The number of carbonyl (C=O) groups is 1. The summed E-state index contributed by atoms with van der Waals surface area (Å²) in [6, 6.07) is 49.9. The average Bonchev–Trinajstić information content (AvgIpc) is 1.61. The quantitative estimate of drug-likeness (QED) is 0.124. The highest BCUT2D eigenvalue weighted by Crippen LogP contribution is 2.40. The van der Waals surface area contributed by atoms with Crippen LogP contribution in [-0.2, 0) is 40.5 Å². The van der Waals surface area contributed by atoms with Gasteiger partial charge < -0.3 is 24.3 Å². The van der Waals surface area contributed by atoms with Crippen molar-refractivity contribution < 1.29 is 17.9 Å². The lowest BCUT2D eigenvalue weighted by atomic mass is 10.0. The summed E-state index contributed by atoms with van der Waals surface area (Å²) in [7, 11) is 2.83. The molecule has 0 atom stereocenters. The summed E-state index contributed by atoms with van der Waals surface area (Å²) in [5.74, 6) is 2.89. The van der Waals surface area contributed by atoms with E-state index in [0.29, 0.717) is 25.9 Å². The van der Waals surface area contributed by atoms with Crippen molar-refractivity contribution in [3.8, 4) is 50.8 Å². The van der Waals surface area contributed by atoms with Crippen molar-refractivity contribution in [1.82, 2.24) is 78.5 Å². The van der Waals surface area contributed by atoms with E-state index >= 15 is 0 Å². The summed E-state index contributed by atoms with van der Waals surface area (Å²) in [4.78, 5) is 34.4. The largest absolute Gasteiger partial charge is 0.378 e. The Hall–Kier alpha value is -11.6. The van der Waals surface area contributed by atoms with Gasteiger partial charge in [0, 0.05) is 154 Å². The van der Waals surface area contributed by atoms with Crippen LogP contribution in [0.25, 0.3) is 116 Å². The molecular formula is C79H79N19O4S. The van der Waals surface area contributed by atoms with Crippen LogP contribution in [0.4, 0.5) is 17.5 Å². The second-order valence-electron chi connectivity index (χ2n) is 27.1. The van der Waals surface area contributed by atoms with Crippen molar-refractivity contribution in [2.45, 2.75) is 45.8 Å². The smallest absolute Gasteiger partial charge is 0.219 e. The first-order valence-corrected chi connectivity index (χ1v) is 36.8. The van der Waals surface area contributed by atoms with E-state index in [1.54, 1.807) is 6.92 Å². The number of ether oxygens (including phenoxy) is 1. The number of para-hydroxylation sites is 3. The van der Waals surface area contributed by atoms with E-state index in [-0.39, 0.29) is 11.2 Å². The molecule has 18 rings (SSSR count). The molecule has 9 aromatic heterocycles. The number of morpholine rings is 1. The molecule has 3 fully saturated rings. The van der Waals surface area contributed by atoms with E-state index in [9.17, 15) is 13.2 Å². The normalized spacial score (nSPS) is 14.7. The molecule has 0 spiro atoms. The minimum atomic E-state index is -3.00. The zero-order valence-corrected chi connectivity index (χ0v) is 59.7. The minimum Gasteiger partial charge on any atom is -0.378 e. The number of benzene rings is 6. The zero-order chi connectivity index (χ0) is 70.8. The molecule has 0 aliphatic carbocycles. The van der Waals surface area contributed by atoms with E-state index in [4.69, 9.17) is 35.0 Å². The highest BCUT2D eigenvalue weighted by atomic mass is 32.2. The first-order chi connectivity index (χ1) is 50.0. The molecule has 3 aliphatic rings. The third-order valence-electron chi connectivity index (χ3n) is 20.2. The minimum absolute atomic E-state index is 0.131. The van der Waals surface area contributed by atoms with Gasteiger partial charge in [0.15, 0.2) is 0 Å². The Balaban J connectivity index is 0.000000119. The summed E-state index contributed by atoms with van der Waals surface area (Å²) in [6.07, 6.45) is 14.4. The number of hydrogen-bond acceptors (Lipinski definition) is 16. The second-order valence-corrected chi connectivity index (χ2v) is 29.4. The summed E-state index contributed by atoms with van der Waals surface area (Å²) in [5.41, 5.74) is 18.3. The fraction of sp³-hybridized carbons (Fsp3) is 0.266. The van der Waals surface area contributed by atoms with Crippen LogP contribution in [0.5, 0.6) is 0 Å². The number of amides is 1. The van der Waals surface area contributed by atoms with E-state index in [0.717, 1.165) is 197 Å². The maximum atomic E-state index is 11.9. The highest BCUT2D eigenvalue weighted by Gasteiger charge is 2.29. The fourth-order valence-corrected chi connectivity index (χ4v) is 16.0. The topological polar surface area (TPSA) is 219 Å². The van der Waals surface area contributed by atoms with Gasteiger partial charge in [0.2, 0.25) is 5.91 Å². The summed E-state index contributed by atoms with van der Waals surface area (Å²) in [5, 5.41) is 35.3. The maximum absolute atomic E-state index is 11.9. The van der Waals surface area contributed by atoms with E-state index in [1.807, 2.05) is 140 Å².